The highest BCUT2D eigenvalue weighted by molar-refractivity contribution is 6.18. The molecular formula is C5H9ClF2N-. The van der Waals surface area contributed by atoms with Crippen molar-refractivity contribution in [2.45, 2.75) is 12.8 Å². The lowest BCUT2D eigenvalue weighted by Crippen LogP contribution is -2.15. The van der Waals surface area contributed by atoms with Crippen molar-refractivity contribution in [2.75, 3.05) is 19.0 Å². The minimum absolute atomic E-state index is 0.311. The zero-order chi connectivity index (χ0) is 7.33. The van der Waals surface area contributed by atoms with Gasteiger partial charge in [0.05, 0.1) is 0 Å². The Morgan fingerprint density at radius 1 is 1.56 bits per heavy atom. The molecule has 0 aliphatic heterocycles. The van der Waals surface area contributed by atoms with Gasteiger partial charge in [-0.1, -0.05) is 6.54 Å². The van der Waals surface area contributed by atoms with Crippen molar-refractivity contribution >= 4 is 11.6 Å². The van der Waals surface area contributed by atoms with E-state index in [0.29, 0.717) is 12.4 Å². The van der Waals surface area contributed by atoms with E-state index in [2.05, 4.69) is 5.32 Å². The fraction of sp³-hybridized carbons (Fsp3) is 1.00. The summed E-state index contributed by atoms with van der Waals surface area (Å²) >= 11 is 5.19. The average molecular weight is 157 g/mol. The van der Waals surface area contributed by atoms with Crippen LogP contribution in [0.5, 0.6) is 0 Å². The summed E-state index contributed by atoms with van der Waals surface area (Å²) in [4.78, 5) is 0. The molecule has 4 heteroatoms. The van der Waals surface area contributed by atoms with E-state index in [1.165, 1.54) is 0 Å². The van der Waals surface area contributed by atoms with Crippen LogP contribution in [0.15, 0.2) is 0 Å². The average Bonchev–Trinajstić information content (AvgIpc) is 1.63. The molecule has 0 atom stereocenters. The molecular weight excluding hydrogens is 148 g/mol. The lowest BCUT2D eigenvalue weighted by molar-refractivity contribution is 0.0383. The third-order valence-corrected chi connectivity index (χ3v) is 0.801. The first-order valence-corrected chi connectivity index (χ1v) is 3.17. The quantitative estimate of drug-likeness (QED) is 0.438. The molecule has 0 aromatic carbocycles. The van der Waals surface area contributed by atoms with Crippen molar-refractivity contribution in [3.8, 4) is 0 Å². The zero-order valence-electron chi connectivity index (χ0n) is 5.20. The van der Waals surface area contributed by atoms with Crippen LogP contribution in [0, 0.1) is 0 Å². The molecule has 9 heavy (non-hydrogen) atoms. The maximum Gasteiger partial charge on any atom is 0.227 e. The molecule has 56 valence electrons. The van der Waals surface area contributed by atoms with E-state index >= 15 is 0 Å². The Morgan fingerprint density at radius 2 is 2.11 bits per heavy atom. The normalized spacial score (nSPS) is 12.0. The van der Waals surface area contributed by atoms with E-state index in [1.54, 1.807) is 0 Å². The molecule has 0 bridgehead atoms. The molecule has 0 fully saturated rings. The van der Waals surface area contributed by atoms with Gasteiger partial charge >= 0.3 is 0 Å². The molecule has 0 unspecified atom stereocenters. The summed E-state index contributed by atoms with van der Waals surface area (Å²) in [5.74, 6) is -2.36. The fourth-order valence-corrected chi connectivity index (χ4v) is 0.455. The number of alkyl halides is 3. The molecule has 0 aliphatic rings. The molecule has 0 amide bonds. The first kappa shape index (κ1) is 9.11. The second-order valence-electron chi connectivity index (χ2n) is 1.86. The van der Waals surface area contributed by atoms with Gasteiger partial charge in [0.15, 0.2) is 0 Å². The van der Waals surface area contributed by atoms with E-state index in [-0.39, 0.29) is 0 Å². The summed E-state index contributed by atoms with van der Waals surface area (Å²) < 4.78 is 23.8. The van der Waals surface area contributed by atoms with Crippen LogP contribution in [0.25, 0.3) is 5.32 Å². The minimum Gasteiger partial charge on any atom is -0.656 e. The number of hydrogen-bond donors (Lipinski definition) is 0. The third kappa shape index (κ3) is 8.11. The Hall–Kier alpha value is 0.110. The monoisotopic (exact) mass is 156 g/mol. The standard InChI is InChI=1S/C5H9ClF2N/c1-5(7,8)4-9-3-2-6/h2-4H2,1H3/q-1. The Balaban J connectivity index is 3.07. The molecule has 0 N–H and O–H groups in total. The Bertz CT molecular complexity index is 71.8. The van der Waals surface area contributed by atoms with Crippen molar-refractivity contribution in [1.82, 2.24) is 0 Å². The number of nitrogens with zero attached hydrogens (tertiary/aromatic N) is 1. The van der Waals surface area contributed by atoms with Crippen molar-refractivity contribution in [1.29, 1.82) is 0 Å². The number of hydrogen-bond acceptors (Lipinski definition) is 0. The summed E-state index contributed by atoms with van der Waals surface area (Å²) in [6.07, 6.45) is 0. The smallest absolute Gasteiger partial charge is 0.227 e. The van der Waals surface area contributed by atoms with Gasteiger partial charge in [0, 0.05) is 5.88 Å². The van der Waals surface area contributed by atoms with Crippen LogP contribution in [-0.4, -0.2) is 24.9 Å². The van der Waals surface area contributed by atoms with E-state index in [1.807, 2.05) is 0 Å². The van der Waals surface area contributed by atoms with Crippen LogP contribution in [0.3, 0.4) is 0 Å². The Kier molecular flexibility index (Phi) is 4.06. The minimum atomic E-state index is -2.67. The molecule has 0 saturated heterocycles. The molecule has 0 heterocycles. The summed E-state index contributed by atoms with van der Waals surface area (Å²) in [5, 5.41) is 3.48. The third-order valence-electron chi connectivity index (χ3n) is 0.632. The summed E-state index contributed by atoms with van der Waals surface area (Å²) in [5.41, 5.74) is 0. The van der Waals surface area contributed by atoms with Gasteiger partial charge in [0.25, 0.3) is 0 Å². The second kappa shape index (κ2) is 4.01. The van der Waals surface area contributed by atoms with Crippen LogP contribution in [0.4, 0.5) is 8.78 Å². The van der Waals surface area contributed by atoms with Crippen LogP contribution in [0.1, 0.15) is 6.92 Å². The molecule has 0 radical (unpaired) electrons. The second-order valence-corrected chi connectivity index (χ2v) is 2.24. The van der Waals surface area contributed by atoms with Gasteiger partial charge in [-0.05, 0) is 6.92 Å². The highest BCUT2D eigenvalue weighted by atomic mass is 35.5. The van der Waals surface area contributed by atoms with Crippen molar-refractivity contribution in [3.63, 3.8) is 0 Å². The molecule has 0 aromatic rings. The van der Waals surface area contributed by atoms with Gasteiger partial charge in [0.1, 0.15) is 0 Å². The van der Waals surface area contributed by atoms with E-state index in [9.17, 15) is 8.78 Å². The van der Waals surface area contributed by atoms with Gasteiger partial charge in [-0.25, -0.2) is 8.78 Å². The van der Waals surface area contributed by atoms with E-state index in [0.717, 1.165) is 6.92 Å². The lowest BCUT2D eigenvalue weighted by Gasteiger charge is -2.21. The Morgan fingerprint density at radius 3 is 2.44 bits per heavy atom. The highest BCUT2D eigenvalue weighted by Gasteiger charge is 2.13. The van der Waals surface area contributed by atoms with Crippen LogP contribution >= 0.6 is 11.6 Å². The molecule has 0 aromatic heterocycles. The van der Waals surface area contributed by atoms with E-state index in [4.69, 9.17) is 11.6 Å². The van der Waals surface area contributed by atoms with Gasteiger partial charge in [-0.2, -0.15) is 0 Å². The van der Waals surface area contributed by atoms with Crippen molar-refractivity contribution < 1.29 is 8.78 Å². The van der Waals surface area contributed by atoms with Crippen LogP contribution in [-0.2, 0) is 0 Å². The largest absolute Gasteiger partial charge is 0.656 e. The lowest BCUT2D eigenvalue weighted by atomic mass is 10.4. The maximum atomic E-state index is 11.9. The molecule has 0 saturated carbocycles. The maximum absolute atomic E-state index is 11.9. The van der Waals surface area contributed by atoms with Gasteiger partial charge in [-0.3, -0.25) is 0 Å². The SMILES string of the molecule is CC(F)(F)C[N-]CCCl. The van der Waals surface area contributed by atoms with E-state index < -0.39 is 12.5 Å². The predicted octanol–water partition coefficient (Wildman–Crippen LogP) is 2.25. The fourth-order valence-electron chi connectivity index (χ4n) is 0.335. The number of halogens is 3. The van der Waals surface area contributed by atoms with Crippen molar-refractivity contribution in [3.05, 3.63) is 5.32 Å². The summed E-state index contributed by atoms with van der Waals surface area (Å²) in [7, 11) is 0. The topological polar surface area (TPSA) is 14.1 Å². The van der Waals surface area contributed by atoms with Gasteiger partial charge < -0.3 is 5.32 Å². The zero-order valence-corrected chi connectivity index (χ0v) is 5.96. The first-order chi connectivity index (χ1) is 4.06. The molecule has 0 spiro atoms. The van der Waals surface area contributed by atoms with Crippen LogP contribution in [0.2, 0.25) is 0 Å². The van der Waals surface area contributed by atoms with Crippen LogP contribution < -0.4 is 0 Å². The van der Waals surface area contributed by atoms with Crippen molar-refractivity contribution in [2.24, 2.45) is 0 Å². The highest BCUT2D eigenvalue weighted by Crippen LogP contribution is 2.13. The Labute approximate surface area is 58.4 Å². The first-order valence-electron chi connectivity index (χ1n) is 2.63. The predicted molar refractivity (Wildman–Crippen MR) is 34.4 cm³/mol. The molecule has 0 rings (SSSR count). The molecule has 1 nitrogen and oxygen atoms in total. The van der Waals surface area contributed by atoms with Gasteiger partial charge in [-0.15, -0.1) is 18.1 Å². The number of rotatable bonds is 4. The van der Waals surface area contributed by atoms with Gasteiger partial charge in [0.2, 0.25) is 5.92 Å². The molecule has 0 aliphatic carbocycles. The summed E-state index contributed by atoms with van der Waals surface area (Å²) in [6.45, 7) is 0.732. The summed E-state index contributed by atoms with van der Waals surface area (Å²) in [6, 6.07) is 0.